The Morgan fingerprint density at radius 1 is 0.368 bits per heavy atom. The minimum Gasteiger partial charge on any atom is -0.455 e. The minimum atomic E-state index is 0.653. The summed E-state index contributed by atoms with van der Waals surface area (Å²) in [5.41, 5.74) is 13.4. The Kier molecular flexibility index (Phi) is 7.06. The molecule has 0 spiro atoms. The van der Waals surface area contributed by atoms with Crippen LogP contribution in [0.5, 0.6) is 0 Å². The first-order valence-corrected chi connectivity index (χ1v) is 19.9. The van der Waals surface area contributed by atoms with Crippen molar-refractivity contribution in [1.82, 2.24) is 9.97 Å². The van der Waals surface area contributed by atoms with Gasteiger partial charge in [0.1, 0.15) is 28.0 Å². The Labute approximate surface area is 330 Å². The van der Waals surface area contributed by atoms with Gasteiger partial charge in [0.2, 0.25) is 0 Å². The molecule has 266 valence electrons. The highest BCUT2D eigenvalue weighted by molar-refractivity contribution is 7.26. The van der Waals surface area contributed by atoms with Crippen molar-refractivity contribution in [3.05, 3.63) is 182 Å². The molecule has 4 aromatic heterocycles. The van der Waals surface area contributed by atoms with E-state index in [0.29, 0.717) is 11.4 Å². The van der Waals surface area contributed by atoms with Crippen LogP contribution in [0.4, 0.5) is 0 Å². The summed E-state index contributed by atoms with van der Waals surface area (Å²) >= 11 is 1.84. The highest BCUT2D eigenvalue weighted by atomic mass is 32.1. The molecule has 12 aromatic rings. The smallest absolute Gasteiger partial charge is 0.180 e. The summed E-state index contributed by atoms with van der Waals surface area (Å²) in [6, 6.07) is 63.7. The number of rotatable bonds is 5. The molecule has 12 rings (SSSR count). The second-order valence-corrected chi connectivity index (χ2v) is 15.5. The zero-order valence-electron chi connectivity index (χ0n) is 30.4. The first kappa shape index (κ1) is 32.0. The molecule has 0 saturated heterocycles. The number of hydrogen-bond acceptors (Lipinski definition) is 5. The molecule has 8 aromatic carbocycles. The van der Waals surface area contributed by atoms with Crippen molar-refractivity contribution in [2.75, 3.05) is 0 Å². The molecule has 0 amide bonds. The molecule has 0 bridgehead atoms. The maximum absolute atomic E-state index is 6.62. The fraction of sp³-hybridized carbons (Fsp3) is 0. The third-order valence-corrected chi connectivity index (χ3v) is 12.3. The van der Waals surface area contributed by atoms with Crippen molar-refractivity contribution >= 4 is 75.5 Å². The van der Waals surface area contributed by atoms with Crippen molar-refractivity contribution in [3.8, 4) is 56.0 Å². The van der Waals surface area contributed by atoms with Crippen molar-refractivity contribution in [2.45, 2.75) is 0 Å². The molecule has 0 radical (unpaired) electrons. The van der Waals surface area contributed by atoms with Crippen LogP contribution in [0.2, 0.25) is 0 Å². The Hall–Kier alpha value is -7.34. The predicted octanol–water partition coefficient (Wildman–Crippen LogP) is 15.0. The molecule has 0 atom stereocenters. The third-order valence-electron chi connectivity index (χ3n) is 11.1. The summed E-state index contributed by atoms with van der Waals surface area (Å²) < 4.78 is 15.6. The van der Waals surface area contributed by atoms with Crippen molar-refractivity contribution in [1.29, 1.82) is 0 Å². The standard InChI is InChI=1S/C52H30N2O2S/c1-2-12-31(13-3-1)47-50-48(54-52(53-47)36-17-9-16-35(29-36)38-21-11-23-42-40-19-5-7-25-46(40)57-51(38)42)43-30-33(26-27-45(43)56-50)32-14-8-15-34(28-32)37-20-10-22-41-39-18-4-6-24-44(39)55-49(37)41/h1-30H. The Morgan fingerprint density at radius 3 is 1.88 bits per heavy atom. The van der Waals surface area contributed by atoms with Gasteiger partial charge in [-0.15, -0.1) is 11.3 Å². The van der Waals surface area contributed by atoms with E-state index in [1.165, 1.54) is 25.7 Å². The fourth-order valence-corrected chi connectivity index (χ4v) is 9.62. The van der Waals surface area contributed by atoms with Gasteiger partial charge in [-0.3, -0.25) is 0 Å². The molecule has 57 heavy (non-hydrogen) atoms. The van der Waals surface area contributed by atoms with E-state index < -0.39 is 0 Å². The quantitative estimate of drug-likeness (QED) is 0.176. The lowest BCUT2D eigenvalue weighted by atomic mass is 9.97. The van der Waals surface area contributed by atoms with Crippen LogP contribution < -0.4 is 0 Å². The molecular weight excluding hydrogens is 717 g/mol. The number of para-hydroxylation sites is 2. The molecule has 0 N–H and O–H groups in total. The van der Waals surface area contributed by atoms with Crippen molar-refractivity contribution < 1.29 is 8.83 Å². The highest BCUT2D eigenvalue weighted by Crippen LogP contribution is 2.42. The van der Waals surface area contributed by atoms with Gasteiger partial charge in [0.25, 0.3) is 0 Å². The van der Waals surface area contributed by atoms with E-state index in [4.69, 9.17) is 18.8 Å². The second-order valence-electron chi connectivity index (χ2n) is 14.5. The Balaban J connectivity index is 1.01. The number of fused-ring (bicyclic) bond motifs is 9. The fourth-order valence-electron chi connectivity index (χ4n) is 8.39. The van der Waals surface area contributed by atoms with Gasteiger partial charge < -0.3 is 8.83 Å². The van der Waals surface area contributed by atoms with E-state index >= 15 is 0 Å². The maximum Gasteiger partial charge on any atom is 0.180 e. The van der Waals surface area contributed by atoms with E-state index in [9.17, 15) is 0 Å². The van der Waals surface area contributed by atoms with Crippen LogP contribution in [-0.4, -0.2) is 9.97 Å². The summed E-state index contributed by atoms with van der Waals surface area (Å²) in [4.78, 5) is 10.5. The topological polar surface area (TPSA) is 52.1 Å². The number of nitrogens with zero attached hydrogens (tertiary/aromatic N) is 2. The van der Waals surface area contributed by atoms with Crippen molar-refractivity contribution in [2.24, 2.45) is 0 Å². The van der Waals surface area contributed by atoms with Crippen LogP contribution in [-0.2, 0) is 0 Å². The Bertz CT molecular complexity index is 3540. The summed E-state index contributed by atoms with van der Waals surface area (Å²) in [6.07, 6.45) is 0. The lowest BCUT2D eigenvalue weighted by Crippen LogP contribution is -1.94. The van der Waals surface area contributed by atoms with Gasteiger partial charge >= 0.3 is 0 Å². The maximum atomic E-state index is 6.62. The number of benzene rings is 8. The summed E-state index contributed by atoms with van der Waals surface area (Å²) in [5, 5.41) is 5.75. The zero-order valence-corrected chi connectivity index (χ0v) is 31.3. The Morgan fingerprint density at radius 2 is 0.982 bits per heavy atom. The van der Waals surface area contributed by atoms with Crippen LogP contribution in [0.25, 0.3) is 120 Å². The molecule has 5 heteroatoms. The second kappa shape index (κ2) is 12.6. The predicted molar refractivity (Wildman–Crippen MR) is 237 cm³/mol. The van der Waals surface area contributed by atoms with Gasteiger partial charge in [0.15, 0.2) is 11.4 Å². The van der Waals surface area contributed by atoms with Gasteiger partial charge in [0.05, 0.1) is 0 Å². The summed E-state index contributed by atoms with van der Waals surface area (Å²) in [6.45, 7) is 0. The summed E-state index contributed by atoms with van der Waals surface area (Å²) in [7, 11) is 0. The first-order valence-electron chi connectivity index (χ1n) is 19.1. The summed E-state index contributed by atoms with van der Waals surface area (Å²) in [5.74, 6) is 0.653. The molecule has 4 heterocycles. The number of thiophene rings is 1. The molecule has 0 saturated carbocycles. The lowest BCUT2D eigenvalue weighted by molar-refractivity contribution is 0.667. The van der Waals surface area contributed by atoms with E-state index in [1.54, 1.807) is 0 Å². The first-order chi connectivity index (χ1) is 28.2. The zero-order chi connectivity index (χ0) is 37.5. The van der Waals surface area contributed by atoms with Crippen LogP contribution in [0.3, 0.4) is 0 Å². The molecule has 0 fully saturated rings. The number of aromatic nitrogens is 2. The van der Waals surface area contributed by atoms with Crippen molar-refractivity contribution in [3.63, 3.8) is 0 Å². The molecular formula is C52H30N2O2S. The number of hydrogen-bond donors (Lipinski definition) is 0. The molecule has 4 nitrogen and oxygen atoms in total. The van der Waals surface area contributed by atoms with E-state index in [2.05, 4.69) is 152 Å². The van der Waals surface area contributed by atoms with Crippen LogP contribution in [0.15, 0.2) is 191 Å². The monoisotopic (exact) mass is 746 g/mol. The third kappa shape index (κ3) is 5.13. The van der Waals surface area contributed by atoms with E-state index in [-0.39, 0.29) is 0 Å². The lowest BCUT2D eigenvalue weighted by Gasteiger charge is -2.09. The molecule has 0 aliphatic rings. The van der Waals surface area contributed by atoms with E-state index in [0.717, 1.165) is 83.1 Å². The largest absolute Gasteiger partial charge is 0.455 e. The molecule has 0 aliphatic heterocycles. The van der Waals surface area contributed by atoms with Gasteiger partial charge in [-0.1, -0.05) is 146 Å². The van der Waals surface area contributed by atoms with Gasteiger partial charge in [-0.05, 0) is 64.2 Å². The van der Waals surface area contributed by atoms with Gasteiger partial charge in [-0.25, -0.2) is 9.97 Å². The normalized spacial score (nSPS) is 11.9. The van der Waals surface area contributed by atoms with Crippen LogP contribution >= 0.6 is 11.3 Å². The average Bonchev–Trinajstić information content (AvgIpc) is 3.98. The highest BCUT2D eigenvalue weighted by Gasteiger charge is 2.20. The molecule has 0 aliphatic carbocycles. The van der Waals surface area contributed by atoms with Crippen LogP contribution in [0.1, 0.15) is 0 Å². The SMILES string of the molecule is c1ccc(-c2nc(-c3cccc(-c4cccc5c4sc4ccccc45)c3)nc3c2oc2ccc(-c4cccc(-c5cccc6c5oc5ccccc56)c4)cc23)cc1. The van der Waals surface area contributed by atoms with Gasteiger partial charge in [0, 0.05) is 53.0 Å². The van der Waals surface area contributed by atoms with Crippen LogP contribution in [0, 0.1) is 0 Å². The average molecular weight is 747 g/mol. The molecule has 0 unspecified atom stereocenters. The van der Waals surface area contributed by atoms with Gasteiger partial charge in [-0.2, -0.15) is 0 Å². The number of furan rings is 2. The minimum absolute atomic E-state index is 0.653. The van der Waals surface area contributed by atoms with E-state index in [1.807, 2.05) is 41.7 Å².